The lowest BCUT2D eigenvalue weighted by Crippen LogP contribution is -2.59. The summed E-state index contributed by atoms with van der Waals surface area (Å²) in [4.78, 5) is 41.7. The predicted octanol–water partition coefficient (Wildman–Crippen LogP) is 4.50. The molecule has 2 unspecified atom stereocenters. The molecule has 0 bridgehead atoms. The highest BCUT2D eigenvalue weighted by Gasteiger charge is 2.42. The van der Waals surface area contributed by atoms with Gasteiger partial charge in [-0.1, -0.05) is 29.3 Å². The van der Waals surface area contributed by atoms with Gasteiger partial charge in [-0.25, -0.2) is 4.79 Å². The number of rotatable bonds is 8. The van der Waals surface area contributed by atoms with Crippen LogP contribution in [0.4, 0.5) is 10.5 Å². The van der Waals surface area contributed by atoms with Crippen molar-refractivity contribution in [1.82, 2.24) is 10.2 Å². The maximum Gasteiger partial charge on any atom is 0.408 e. The van der Waals surface area contributed by atoms with Crippen LogP contribution in [0.2, 0.25) is 0 Å². The van der Waals surface area contributed by atoms with Gasteiger partial charge in [0.15, 0.2) is 0 Å². The topological polar surface area (TPSA) is 117 Å². The fourth-order valence-electron chi connectivity index (χ4n) is 4.12. The highest BCUT2D eigenvalue weighted by molar-refractivity contribution is 5.99. The molecule has 9 heteroatoms. The van der Waals surface area contributed by atoms with Gasteiger partial charge < -0.3 is 30.1 Å². The predicted molar refractivity (Wildman–Crippen MR) is 147 cm³/mol. The van der Waals surface area contributed by atoms with Crippen LogP contribution in [-0.4, -0.2) is 58.8 Å². The van der Waals surface area contributed by atoms with E-state index in [0.29, 0.717) is 17.0 Å². The first-order valence-electron chi connectivity index (χ1n) is 12.5. The van der Waals surface area contributed by atoms with Gasteiger partial charge in [0.25, 0.3) is 5.91 Å². The van der Waals surface area contributed by atoms with E-state index < -0.39 is 47.7 Å². The van der Waals surface area contributed by atoms with E-state index >= 15 is 0 Å². The molecule has 0 aliphatic heterocycles. The van der Waals surface area contributed by atoms with Crippen LogP contribution >= 0.6 is 0 Å². The summed E-state index contributed by atoms with van der Waals surface area (Å²) >= 11 is 0. The second-order valence-electron chi connectivity index (χ2n) is 11.3. The average molecular weight is 528 g/mol. The van der Waals surface area contributed by atoms with Crippen molar-refractivity contribution >= 4 is 23.6 Å². The molecule has 0 spiro atoms. The molecule has 3 N–H and O–H groups in total. The third-order valence-corrected chi connectivity index (χ3v) is 5.56. The van der Waals surface area contributed by atoms with Gasteiger partial charge in [-0.15, -0.1) is 0 Å². The summed E-state index contributed by atoms with van der Waals surface area (Å²) in [5.41, 5.74) is 1.31. The van der Waals surface area contributed by atoms with Crippen molar-refractivity contribution in [2.24, 2.45) is 0 Å². The zero-order valence-electron chi connectivity index (χ0n) is 23.8. The van der Waals surface area contributed by atoms with Crippen molar-refractivity contribution in [3.05, 3.63) is 59.2 Å². The van der Waals surface area contributed by atoms with Crippen LogP contribution < -0.4 is 15.4 Å². The number of nitrogens with zero attached hydrogens (tertiary/aromatic N) is 1. The smallest absolute Gasteiger partial charge is 0.408 e. The summed E-state index contributed by atoms with van der Waals surface area (Å²) in [6.45, 7) is 13.6. The van der Waals surface area contributed by atoms with E-state index in [2.05, 4.69) is 10.6 Å². The number of aliphatic hydroxyl groups is 1. The number of amides is 3. The van der Waals surface area contributed by atoms with Crippen LogP contribution in [0.15, 0.2) is 42.5 Å². The molecule has 2 aromatic rings. The number of aryl methyl sites for hydroxylation is 2. The van der Waals surface area contributed by atoms with E-state index in [1.807, 2.05) is 32.0 Å². The van der Waals surface area contributed by atoms with Crippen LogP contribution in [0, 0.1) is 13.8 Å². The number of carbonyl (C=O) groups is 3. The van der Waals surface area contributed by atoms with Gasteiger partial charge in [0.2, 0.25) is 5.91 Å². The Morgan fingerprint density at radius 1 is 0.947 bits per heavy atom. The first-order valence-corrected chi connectivity index (χ1v) is 12.5. The number of hydrogen-bond acceptors (Lipinski definition) is 6. The molecule has 0 heterocycles. The number of hydrogen-bond donors (Lipinski definition) is 3. The summed E-state index contributed by atoms with van der Waals surface area (Å²) in [6, 6.07) is 10.1. The Kier molecular flexibility index (Phi) is 9.92. The average Bonchev–Trinajstić information content (AvgIpc) is 2.78. The van der Waals surface area contributed by atoms with Gasteiger partial charge in [0, 0.05) is 11.2 Å². The van der Waals surface area contributed by atoms with Crippen LogP contribution in [0.1, 0.15) is 64.3 Å². The number of anilines is 1. The lowest BCUT2D eigenvalue weighted by Gasteiger charge is -2.43. The maximum absolute atomic E-state index is 13.9. The van der Waals surface area contributed by atoms with E-state index in [-0.39, 0.29) is 0 Å². The van der Waals surface area contributed by atoms with Gasteiger partial charge in [-0.3, -0.25) is 9.59 Å². The molecule has 0 fully saturated rings. The van der Waals surface area contributed by atoms with Gasteiger partial charge in [0.05, 0.1) is 13.7 Å². The van der Waals surface area contributed by atoms with Crippen molar-refractivity contribution in [1.29, 1.82) is 0 Å². The van der Waals surface area contributed by atoms with Crippen LogP contribution in [0.3, 0.4) is 0 Å². The minimum Gasteiger partial charge on any atom is -0.497 e. The number of carbonyl (C=O) groups excluding carboxylic acids is 3. The largest absolute Gasteiger partial charge is 0.497 e. The van der Waals surface area contributed by atoms with E-state index in [0.717, 1.165) is 11.1 Å². The second-order valence-corrected chi connectivity index (χ2v) is 11.3. The third kappa shape index (κ3) is 8.48. The van der Waals surface area contributed by atoms with E-state index in [1.165, 1.54) is 4.90 Å². The molecule has 9 nitrogen and oxygen atoms in total. The Labute approximate surface area is 225 Å². The molecule has 0 radical (unpaired) electrons. The molecule has 2 aromatic carbocycles. The summed E-state index contributed by atoms with van der Waals surface area (Å²) in [5.74, 6) is -0.434. The van der Waals surface area contributed by atoms with Crippen molar-refractivity contribution in [3.63, 3.8) is 0 Å². The summed E-state index contributed by atoms with van der Waals surface area (Å²) in [5, 5.41) is 15.5. The summed E-state index contributed by atoms with van der Waals surface area (Å²) in [7, 11) is 1.55. The molecule has 208 valence electrons. The summed E-state index contributed by atoms with van der Waals surface area (Å²) < 4.78 is 10.5. The SMILES string of the molecule is COc1ccc(NC(=O)C(c2cc(C)cc(C)c2)N(C(=O)C(CO)NC(=O)OC(C)(C)C)C(C)(C)C)cc1. The molecule has 2 atom stereocenters. The Hall–Kier alpha value is -3.59. The van der Waals surface area contributed by atoms with Crippen molar-refractivity contribution in [2.75, 3.05) is 19.0 Å². The second kappa shape index (κ2) is 12.3. The molecule has 0 aliphatic carbocycles. The minimum absolute atomic E-state index is 0.447. The number of methoxy groups -OCH3 is 1. The highest BCUT2D eigenvalue weighted by Crippen LogP contribution is 2.32. The number of aliphatic hydroxyl groups excluding tert-OH is 1. The Balaban J connectivity index is 2.56. The highest BCUT2D eigenvalue weighted by atomic mass is 16.6. The summed E-state index contributed by atoms with van der Waals surface area (Å²) in [6.07, 6.45) is -0.843. The standard InChI is InChI=1S/C29H41N3O6/c1-18-14-19(2)16-20(15-18)24(25(34)30-21-10-12-22(37-9)13-11-21)32(28(3,4)5)26(35)23(17-33)31-27(36)38-29(6,7)8/h10-16,23-24,33H,17H2,1-9H3,(H,30,34)(H,31,36). The zero-order chi connectivity index (χ0) is 28.8. The third-order valence-electron chi connectivity index (χ3n) is 5.56. The molecule has 0 saturated carbocycles. The van der Waals surface area contributed by atoms with Crippen LogP contribution in [-0.2, 0) is 14.3 Å². The molecule has 3 amide bonds. The monoisotopic (exact) mass is 527 g/mol. The Bertz CT molecular complexity index is 1110. The van der Waals surface area contributed by atoms with Crippen molar-refractivity contribution in [3.8, 4) is 5.75 Å². The maximum atomic E-state index is 13.9. The van der Waals surface area contributed by atoms with Gasteiger partial charge in [0.1, 0.15) is 23.4 Å². The van der Waals surface area contributed by atoms with Crippen molar-refractivity contribution < 1.29 is 29.0 Å². The van der Waals surface area contributed by atoms with Gasteiger partial charge in [-0.2, -0.15) is 0 Å². The first-order chi connectivity index (χ1) is 17.6. The molecule has 0 aromatic heterocycles. The van der Waals surface area contributed by atoms with Crippen LogP contribution in [0.5, 0.6) is 5.75 Å². The molecule has 0 saturated heterocycles. The molecule has 2 rings (SSSR count). The molecule has 38 heavy (non-hydrogen) atoms. The molecular weight excluding hydrogens is 486 g/mol. The van der Waals surface area contributed by atoms with Crippen LogP contribution in [0.25, 0.3) is 0 Å². The van der Waals surface area contributed by atoms with E-state index in [9.17, 15) is 19.5 Å². The normalized spacial score (nSPS) is 13.2. The Morgan fingerprint density at radius 3 is 1.95 bits per heavy atom. The fraction of sp³-hybridized carbons (Fsp3) is 0.483. The minimum atomic E-state index is -1.33. The van der Waals surface area contributed by atoms with E-state index in [1.54, 1.807) is 72.9 Å². The molecule has 0 aliphatic rings. The number of nitrogens with one attached hydrogen (secondary N) is 2. The van der Waals surface area contributed by atoms with Gasteiger partial charge in [-0.05, 0) is 85.2 Å². The van der Waals surface area contributed by atoms with E-state index in [4.69, 9.17) is 9.47 Å². The lowest BCUT2D eigenvalue weighted by molar-refractivity contribution is -0.147. The number of benzene rings is 2. The zero-order valence-corrected chi connectivity index (χ0v) is 23.8. The molecular formula is C29H41N3O6. The lowest BCUT2D eigenvalue weighted by atomic mass is 9.93. The Morgan fingerprint density at radius 2 is 1.50 bits per heavy atom. The van der Waals surface area contributed by atoms with Crippen molar-refractivity contribution in [2.45, 2.75) is 78.6 Å². The number of ether oxygens (including phenoxy) is 2. The van der Waals surface area contributed by atoms with Gasteiger partial charge >= 0.3 is 6.09 Å². The first kappa shape index (κ1) is 30.6. The number of alkyl carbamates (subject to hydrolysis) is 1. The fourth-order valence-corrected chi connectivity index (χ4v) is 4.12. The quantitative estimate of drug-likeness (QED) is 0.465.